The van der Waals surface area contributed by atoms with E-state index in [0.717, 1.165) is 45.0 Å². The number of hydrogen-bond donors (Lipinski definition) is 1. The van der Waals surface area contributed by atoms with Gasteiger partial charge in [-0.25, -0.2) is 4.98 Å². The molecule has 2 saturated heterocycles. The molecule has 1 amide bonds. The van der Waals surface area contributed by atoms with Crippen molar-refractivity contribution in [2.45, 2.75) is 12.5 Å². The number of aromatic nitrogens is 1. The second-order valence-electron chi connectivity index (χ2n) is 5.54. The van der Waals surface area contributed by atoms with Gasteiger partial charge in [-0.2, -0.15) is 0 Å². The van der Waals surface area contributed by atoms with Crippen molar-refractivity contribution in [3.8, 4) is 0 Å². The molecular weight excluding hydrogens is 254 g/mol. The summed E-state index contributed by atoms with van der Waals surface area (Å²) in [6, 6.07) is 3.92. The monoisotopic (exact) mass is 275 g/mol. The van der Waals surface area contributed by atoms with E-state index >= 15 is 0 Å². The van der Waals surface area contributed by atoms with Gasteiger partial charge in [0.15, 0.2) is 0 Å². The van der Waals surface area contributed by atoms with Gasteiger partial charge in [-0.15, -0.1) is 0 Å². The number of piperazine rings is 1. The minimum absolute atomic E-state index is 0.0847. The van der Waals surface area contributed by atoms with E-state index in [9.17, 15) is 4.79 Å². The molecule has 3 rings (SSSR count). The fourth-order valence-corrected chi connectivity index (χ4v) is 2.99. The molecule has 0 radical (unpaired) electrons. The summed E-state index contributed by atoms with van der Waals surface area (Å²) in [5, 5.41) is 0. The van der Waals surface area contributed by atoms with E-state index in [1.54, 1.807) is 6.20 Å². The van der Waals surface area contributed by atoms with Crippen molar-refractivity contribution in [1.29, 1.82) is 0 Å². The Hall–Kier alpha value is -1.82. The lowest BCUT2D eigenvalue weighted by molar-refractivity contribution is -0.131. The van der Waals surface area contributed by atoms with Gasteiger partial charge >= 0.3 is 0 Å². The molecule has 0 aromatic carbocycles. The molecule has 2 fully saturated rings. The van der Waals surface area contributed by atoms with Crippen molar-refractivity contribution in [2.75, 3.05) is 50.4 Å². The zero-order chi connectivity index (χ0) is 14.1. The molecule has 1 unspecified atom stereocenters. The minimum atomic E-state index is 0.0847. The quantitative estimate of drug-likeness (QED) is 0.824. The van der Waals surface area contributed by atoms with Crippen LogP contribution in [0.15, 0.2) is 18.3 Å². The van der Waals surface area contributed by atoms with Gasteiger partial charge in [0.1, 0.15) is 5.82 Å². The number of hydrogen-bond acceptors (Lipinski definition) is 5. The first-order valence-corrected chi connectivity index (χ1v) is 7.10. The molecule has 0 spiro atoms. The summed E-state index contributed by atoms with van der Waals surface area (Å²) in [6.07, 6.45) is 2.65. The van der Waals surface area contributed by atoms with Crippen LogP contribution in [0, 0.1) is 0 Å². The first-order chi connectivity index (χ1) is 9.65. The second-order valence-corrected chi connectivity index (χ2v) is 5.54. The molecule has 0 bridgehead atoms. The van der Waals surface area contributed by atoms with Crippen LogP contribution in [0.2, 0.25) is 0 Å². The fourth-order valence-electron chi connectivity index (χ4n) is 2.99. The lowest BCUT2D eigenvalue weighted by Crippen LogP contribution is -2.52. The van der Waals surface area contributed by atoms with Crippen LogP contribution in [-0.4, -0.2) is 66.5 Å². The normalized spacial score (nSPS) is 24.4. The third-order valence-corrected chi connectivity index (χ3v) is 4.25. The highest BCUT2D eigenvalue weighted by molar-refractivity contribution is 5.83. The molecule has 2 aliphatic heterocycles. The number of nitrogens with two attached hydrogens (primary N) is 1. The van der Waals surface area contributed by atoms with Gasteiger partial charge in [0.25, 0.3) is 0 Å². The molecule has 1 aromatic heterocycles. The lowest BCUT2D eigenvalue weighted by Gasteiger charge is -2.37. The van der Waals surface area contributed by atoms with Crippen LogP contribution >= 0.6 is 0 Å². The van der Waals surface area contributed by atoms with Crippen LogP contribution < -0.4 is 10.6 Å². The number of likely N-dealkylation sites (N-methyl/N-ethyl adjacent to an activating group) is 1. The average Bonchev–Trinajstić information content (AvgIpc) is 2.80. The van der Waals surface area contributed by atoms with Crippen molar-refractivity contribution in [2.24, 2.45) is 0 Å². The summed E-state index contributed by atoms with van der Waals surface area (Å²) in [6.45, 7) is 4.52. The number of amides is 1. The molecule has 20 heavy (non-hydrogen) atoms. The van der Waals surface area contributed by atoms with Crippen LogP contribution in [0.1, 0.15) is 6.42 Å². The van der Waals surface area contributed by atoms with Crippen molar-refractivity contribution in [1.82, 2.24) is 14.8 Å². The van der Waals surface area contributed by atoms with Gasteiger partial charge in [-0.3, -0.25) is 9.69 Å². The fraction of sp³-hybridized carbons (Fsp3) is 0.571. The van der Waals surface area contributed by atoms with E-state index in [2.05, 4.69) is 14.8 Å². The van der Waals surface area contributed by atoms with Gasteiger partial charge < -0.3 is 15.5 Å². The van der Waals surface area contributed by atoms with Crippen molar-refractivity contribution in [3.63, 3.8) is 0 Å². The molecule has 0 saturated carbocycles. The number of carbonyl (C=O) groups excluding carboxylic acids is 1. The molecule has 2 aliphatic rings. The number of nitrogen functional groups attached to an aromatic ring is 1. The van der Waals surface area contributed by atoms with Gasteiger partial charge in [-0.1, -0.05) is 0 Å². The number of anilines is 2. The van der Waals surface area contributed by atoms with Crippen LogP contribution in [-0.2, 0) is 4.79 Å². The Morgan fingerprint density at radius 1 is 1.20 bits per heavy atom. The summed E-state index contributed by atoms with van der Waals surface area (Å²) in [7, 11) is 1.89. The molecule has 6 heteroatoms. The summed E-state index contributed by atoms with van der Waals surface area (Å²) in [5.74, 6) is 1.23. The van der Waals surface area contributed by atoms with Gasteiger partial charge in [0, 0.05) is 39.8 Å². The Kier molecular flexibility index (Phi) is 3.48. The molecule has 108 valence electrons. The maximum atomic E-state index is 12.0. The highest BCUT2D eigenvalue weighted by atomic mass is 16.2. The summed E-state index contributed by atoms with van der Waals surface area (Å²) in [4.78, 5) is 22.8. The molecular formula is C14H21N5O. The summed E-state index contributed by atoms with van der Waals surface area (Å²) >= 11 is 0. The topological polar surface area (TPSA) is 65.7 Å². The first-order valence-electron chi connectivity index (χ1n) is 7.10. The van der Waals surface area contributed by atoms with Crippen LogP contribution in [0.4, 0.5) is 11.5 Å². The van der Waals surface area contributed by atoms with Gasteiger partial charge in [0.2, 0.25) is 5.91 Å². The van der Waals surface area contributed by atoms with E-state index in [-0.39, 0.29) is 11.9 Å². The van der Waals surface area contributed by atoms with Crippen LogP contribution in [0.25, 0.3) is 0 Å². The highest BCUT2D eigenvalue weighted by Crippen LogP contribution is 2.20. The SMILES string of the molecule is CN1CCC(N2CCN(c3ccc(N)cn3)CC2)C1=O. The van der Waals surface area contributed by atoms with Crippen molar-refractivity contribution >= 4 is 17.4 Å². The largest absolute Gasteiger partial charge is 0.397 e. The summed E-state index contributed by atoms with van der Waals surface area (Å²) < 4.78 is 0. The van der Waals surface area contributed by atoms with Gasteiger partial charge in [0.05, 0.1) is 17.9 Å². The molecule has 1 aromatic rings. The Balaban J connectivity index is 1.59. The Morgan fingerprint density at radius 2 is 1.95 bits per heavy atom. The average molecular weight is 275 g/mol. The predicted octanol–water partition coefficient (Wildman–Crippen LogP) is 0.0165. The van der Waals surface area contributed by atoms with E-state index < -0.39 is 0 Å². The number of rotatable bonds is 2. The molecule has 6 nitrogen and oxygen atoms in total. The standard InChI is InChI=1S/C14H21N5O/c1-17-5-4-12(14(17)20)18-6-8-19(9-7-18)13-3-2-11(15)10-16-13/h2-3,10,12H,4-9,15H2,1H3. The molecule has 2 N–H and O–H groups in total. The van der Waals surface area contributed by atoms with Gasteiger partial charge in [-0.05, 0) is 18.6 Å². The Bertz CT molecular complexity index is 481. The summed E-state index contributed by atoms with van der Waals surface area (Å²) in [5.41, 5.74) is 6.34. The first kappa shape index (κ1) is 13.2. The van der Waals surface area contributed by atoms with Crippen molar-refractivity contribution in [3.05, 3.63) is 18.3 Å². The third kappa shape index (κ3) is 2.43. The predicted molar refractivity (Wildman–Crippen MR) is 78.5 cm³/mol. The molecule has 3 heterocycles. The highest BCUT2D eigenvalue weighted by Gasteiger charge is 2.35. The number of carbonyl (C=O) groups is 1. The number of nitrogens with zero attached hydrogens (tertiary/aromatic N) is 4. The lowest BCUT2D eigenvalue weighted by atomic mass is 10.2. The minimum Gasteiger partial charge on any atom is -0.397 e. The molecule has 0 aliphatic carbocycles. The number of likely N-dealkylation sites (tertiary alicyclic amines) is 1. The van der Waals surface area contributed by atoms with Crippen LogP contribution in [0.3, 0.4) is 0 Å². The van der Waals surface area contributed by atoms with E-state index in [0.29, 0.717) is 5.69 Å². The smallest absolute Gasteiger partial charge is 0.239 e. The van der Waals surface area contributed by atoms with E-state index in [1.807, 2.05) is 24.1 Å². The Labute approximate surface area is 119 Å². The second kappa shape index (κ2) is 5.28. The maximum absolute atomic E-state index is 12.0. The Morgan fingerprint density at radius 3 is 2.50 bits per heavy atom. The zero-order valence-electron chi connectivity index (χ0n) is 11.8. The third-order valence-electron chi connectivity index (χ3n) is 4.25. The van der Waals surface area contributed by atoms with E-state index in [4.69, 9.17) is 5.73 Å². The maximum Gasteiger partial charge on any atom is 0.239 e. The molecule has 1 atom stereocenters. The van der Waals surface area contributed by atoms with Crippen molar-refractivity contribution < 1.29 is 4.79 Å². The van der Waals surface area contributed by atoms with E-state index in [1.165, 1.54) is 0 Å². The van der Waals surface area contributed by atoms with Crippen LogP contribution in [0.5, 0.6) is 0 Å². The number of pyridine rings is 1. The zero-order valence-corrected chi connectivity index (χ0v) is 11.8.